The van der Waals surface area contributed by atoms with Crippen molar-refractivity contribution in [1.29, 1.82) is 0 Å². The third-order valence-electron chi connectivity index (χ3n) is 3.13. The number of hydrogen-bond donors (Lipinski definition) is 1. The Hall–Kier alpha value is -1.79. The van der Waals surface area contributed by atoms with E-state index in [4.69, 9.17) is 4.74 Å². The van der Waals surface area contributed by atoms with Gasteiger partial charge in [0.2, 0.25) is 0 Å². The molecule has 0 radical (unpaired) electrons. The molecule has 1 heterocycles. The molecule has 6 heteroatoms. The van der Waals surface area contributed by atoms with Crippen molar-refractivity contribution in [3.8, 4) is 0 Å². The third-order valence-corrected chi connectivity index (χ3v) is 3.95. The molecule has 106 valence electrons. The standard InChI is InChI=1S/C14H17N3O2S/c1-9-6-4-5-7-11(9)12(19-3)8-15-14(18)13-10(2)16-17-20-13/h4-7,12H,8H2,1-3H3,(H,15,18)/t12-/m1/s1. The minimum atomic E-state index is -0.165. The number of methoxy groups -OCH3 is 1. The van der Waals surface area contributed by atoms with E-state index < -0.39 is 0 Å². The Balaban J connectivity index is 2.03. The van der Waals surface area contributed by atoms with E-state index >= 15 is 0 Å². The van der Waals surface area contributed by atoms with Gasteiger partial charge in [0.1, 0.15) is 4.88 Å². The van der Waals surface area contributed by atoms with Gasteiger partial charge in [-0.3, -0.25) is 4.79 Å². The Kier molecular flexibility index (Phi) is 4.81. The average molecular weight is 291 g/mol. The third kappa shape index (κ3) is 3.20. The van der Waals surface area contributed by atoms with Gasteiger partial charge in [0.25, 0.3) is 5.91 Å². The van der Waals surface area contributed by atoms with Crippen molar-refractivity contribution in [2.24, 2.45) is 0 Å². The zero-order chi connectivity index (χ0) is 14.5. The van der Waals surface area contributed by atoms with Crippen molar-refractivity contribution >= 4 is 17.4 Å². The topological polar surface area (TPSA) is 64.1 Å². The monoisotopic (exact) mass is 291 g/mol. The van der Waals surface area contributed by atoms with E-state index in [1.807, 2.05) is 31.2 Å². The molecule has 1 aromatic heterocycles. The molecule has 0 aliphatic carbocycles. The highest BCUT2D eigenvalue weighted by molar-refractivity contribution is 7.07. The highest BCUT2D eigenvalue weighted by Gasteiger charge is 2.17. The van der Waals surface area contributed by atoms with Crippen molar-refractivity contribution in [2.45, 2.75) is 20.0 Å². The Bertz CT molecular complexity index is 598. The second-order valence-electron chi connectivity index (χ2n) is 4.48. The molecule has 0 saturated heterocycles. The summed E-state index contributed by atoms with van der Waals surface area (Å²) in [5.41, 5.74) is 2.87. The summed E-state index contributed by atoms with van der Waals surface area (Å²) >= 11 is 1.10. The van der Waals surface area contributed by atoms with E-state index in [-0.39, 0.29) is 12.0 Å². The molecule has 0 saturated carbocycles. The molecule has 2 rings (SSSR count). The molecule has 1 aromatic carbocycles. The molecule has 1 atom stereocenters. The summed E-state index contributed by atoms with van der Waals surface area (Å²) < 4.78 is 9.23. The molecular weight excluding hydrogens is 274 g/mol. The summed E-state index contributed by atoms with van der Waals surface area (Å²) in [5.74, 6) is -0.159. The summed E-state index contributed by atoms with van der Waals surface area (Å²) in [6, 6.07) is 7.99. The van der Waals surface area contributed by atoms with Gasteiger partial charge in [0.15, 0.2) is 0 Å². The quantitative estimate of drug-likeness (QED) is 0.918. The highest BCUT2D eigenvalue weighted by atomic mass is 32.1. The lowest BCUT2D eigenvalue weighted by molar-refractivity contribution is 0.0828. The number of nitrogens with zero attached hydrogens (tertiary/aromatic N) is 2. The van der Waals surface area contributed by atoms with Gasteiger partial charge in [0.05, 0.1) is 11.8 Å². The number of carbonyl (C=O) groups is 1. The lowest BCUT2D eigenvalue weighted by Crippen LogP contribution is -2.29. The molecule has 1 N–H and O–H groups in total. The minimum absolute atomic E-state index is 0.159. The first-order valence-electron chi connectivity index (χ1n) is 6.29. The summed E-state index contributed by atoms with van der Waals surface area (Å²) in [4.78, 5) is 12.6. The van der Waals surface area contributed by atoms with Crippen LogP contribution < -0.4 is 5.32 Å². The van der Waals surface area contributed by atoms with Crippen LogP contribution in [-0.2, 0) is 4.74 Å². The predicted molar refractivity (Wildman–Crippen MR) is 77.9 cm³/mol. The van der Waals surface area contributed by atoms with Crippen LogP contribution in [0.15, 0.2) is 24.3 Å². The highest BCUT2D eigenvalue weighted by Crippen LogP contribution is 2.20. The van der Waals surface area contributed by atoms with Crippen LogP contribution in [0.1, 0.15) is 32.6 Å². The van der Waals surface area contributed by atoms with Crippen LogP contribution >= 0.6 is 11.5 Å². The molecule has 20 heavy (non-hydrogen) atoms. The predicted octanol–water partition coefficient (Wildman–Crippen LogP) is 2.27. The molecule has 5 nitrogen and oxygen atoms in total. The van der Waals surface area contributed by atoms with Crippen molar-refractivity contribution in [2.75, 3.05) is 13.7 Å². The zero-order valence-electron chi connectivity index (χ0n) is 11.7. The largest absolute Gasteiger partial charge is 0.375 e. The van der Waals surface area contributed by atoms with Gasteiger partial charge in [-0.15, -0.1) is 5.10 Å². The lowest BCUT2D eigenvalue weighted by Gasteiger charge is -2.18. The number of aromatic nitrogens is 2. The van der Waals surface area contributed by atoms with Crippen LogP contribution in [0, 0.1) is 13.8 Å². The molecule has 0 bridgehead atoms. The first kappa shape index (κ1) is 14.6. The first-order valence-corrected chi connectivity index (χ1v) is 7.06. The Labute approximate surface area is 122 Å². The van der Waals surface area contributed by atoms with E-state index in [0.717, 1.165) is 22.7 Å². The fourth-order valence-corrected chi connectivity index (χ4v) is 2.55. The van der Waals surface area contributed by atoms with Crippen molar-refractivity contribution < 1.29 is 9.53 Å². The summed E-state index contributed by atoms with van der Waals surface area (Å²) in [5, 5.41) is 6.70. The van der Waals surface area contributed by atoms with E-state index in [1.165, 1.54) is 0 Å². The summed E-state index contributed by atoms with van der Waals surface area (Å²) in [6.07, 6.45) is -0.165. The number of amides is 1. The number of aryl methyl sites for hydroxylation is 2. The molecule has 0 fully saturated rings. The van der Waals surface area contributed by atoms with Gasteiger partial charge in [-0.2, -0.15) is 0 Å². The molecule has 1 amide bonds. The fraction of sp³-hybridized carbons (Fsp3) is 0.357. The molecular formula is C14H17N3O2S. The Morgan fingerprint density at radius 1 is 1.40 bits per heavy atom. The van der Waals surface area contributed by atoms with E-state index in [9.17, 15) is 4.79 Å². The van der Waals surface area contributed by atoms with Crippen LogP contribution in [0.25, 0.3) is 0 Å². The number of rotatable bonds is 5. The van der Waals surface area contributed by atoms with Crippen molar-refractivity contribution in [1.82, 2.24) is 14.9 Å². The molecule has 0 unspecified atom stereocenters. The smallest absolute Gasteiger partial charge is 0.265 e. The molecule has 0 aliphatic heterocycles. The number of nitrogens with one attached hydrogen (secondary N) is 1. The van der Waals surface area contributed by atoms with Crippen LogP contribution in [0.5, 0.6) is 0 Å². The number of benzene rings is 1. The normalized spacial score (nSPS) is 12.2. The SMILES string of the molecule is CO[C@H](CNC(=O)c1snnc1C)c1ccccc1C. The fourth-order valence-electron chi connectivity index (χ4n) is 1.97. The maximum Gasteiger partial charge on any atom is 0.265 e. The second kappa shape index (κ2) is 6.58. The molecule has 0 aliphatic rings. The van der Waals surface area contributed by atoms with Gasteiger partial charge in [0, 0.05) is 13.7 Å². The number of carbonyl (C=O) groups excluding carboxylic acids is 1. The van der Waals surface area contributed by atoms with Gasteiger partial charge in [-0.1, -0.05) is 28.8 Å². The van der Waals surface area contributed by atoms with E-state index in [2.05, 4.69) is 14.9 Å². The van der Waals surface area contributed by atoms with Gasteiger partial charge >= 0.3 is 0 Å². The minimum Gasteiger partial charge on any atom is -0.375 e. The summed E-state index contributed by atoms with van der Waals surface area (Å²) in [7, 11) is 1.64. The van der Waals surface area contributed by atoms with Gasteiger partial charge in [-0.05, 0) is 36.5 Å². The van der Waals surface area contributed by atoms with Crippen molar-refractivity contribution in [3.05, 3.63) is 46.0 Å². The Morgan fingerprint density at radius 2 is 2.15 bits per heavy atom. The summed E-state index contributed by atoms with van der Waals surface area (Å²) in [6.45, 7) is 4.21. The van der Waals surface area contributed by atoms with Gasteiger partial charge < -0.3 is 10.1 Å². The number of hydrogen-bond acceptors (Lipinski definition) is 5. The molecule has 2 aromatic rings. The maximum atomic E-state index is 12.0. The maximum absolute atomic E-state index is 12.0. The van der Waals surface area contributed by atoms with Crippen LogP contribution in [0.4, 0.5) is 0 Å². The van der Waals surface area contributed by atoms with Crippen LogP contribution in [0.3, 0.4) is 0 Å². The van der Waals surface area contributed by atoms with Crippen LogP contribution in [0.2, 0.25) is 0 Å². The zero-order valence-corrected chi connectivity index (χ0v) is 12.5. The molecule has 0 spiro atoms. The number of ether oxygens (including phenoxy) is 1. The van der Waals surface area contributed by atoms with Gasteiger partial charge in [-0.25, -0.2) is 0 Å². The van der Waals surface area contributed by atoms with E-state index in [0.29, 0.717) is 17.1 Å². The van der Waals surface area contributed by atoms with Crippen LogP contribution in [-0.4, -0.2) is 29.1 Å². The Morgan fingerprint density at radius 3 is 2.75 bits per heavy atom. The average Bonchev–Trinajstić information content (AvgIpc) is 2.87. The van der Waals surface area contributed by atoms with Crippen molar-refractivity contribution in [3.63, 3.8) is 0 Å². The first-order chi connectivity index (χ1) is 9.63. The van der Waals surface area contributed by atoms with E-state index in [1.54, 1.807) is 14.0 Å². The second-order valence-corrected chi connectivity index (χ2v) is 5.23. The lowest BCUT2D eigenvalue weighted by atomic mass is 10.0.